The molecule has 1 rings (SSSR count). The maximum absolute atomic E-state index is 13.1. The number of halogens is 2. The van der Waals surface area contributed by atoms with E-state index in [4.69, 9.17) is 0 Å². The first-order valence-corrected chi connectivity index (χ1v) is 5.38. The Bertz CT molecular complexity index is 304. The first-order chi connectivity index (χ1) is 6.63. The van der Waals surface area contributed by atoms with Crippen molar-refractivity contribution in [2.75, 3.05) is 5.75 Å². The highest BCUT2D eigenvalue weighted by Gasteiger charge is 2.07. The van der Waals surface area contributed by atoms with E-state index in [0.29, 0.717) is 17.1 Å². The van der Waals surface area contributed by atoms with Crippen LogP contribution in [0.25, 0.3) is 0 Å². The third-order valence-corrected chi connectivity index (χ3v) is 2.99. The molecule has 0 heterocycles. The van der Waals surface area contributed by atoms with Crippen LogP contribution in [0.5, 0.6) is 0 Å². The van der Waals surface area contributed by atoms with Crippen LogP contribution in [-0.2, 0) is 0 Å². The summed E-state index contributed by atoms with van der Waals surface area (Å²) in [6, 6.07) is 3.45. The normalized spacial score (nSPS) is 12.9. The van der Waals surface area contributed by atoms with E-state index in [-0.39, 0.29) is 0 Å². The van der Waals surface area contributed by atoms with Crippen LogP contribution >= 0.6 is 11.8 Å². The quantitative estimate of drug-likeness (QED) is 0.784. The molecule has 0 radical (unpaired) electrons. The van der Waals surface area contributed by atoms with Gasteiger partial charge in [0.1, 0.15) is 11.6 Å². The summed E-state index contributed by atoms with van der Waals surface area (Å²) in [6.45, 7) is 1.85. The van der Waals surface area contributed by atoms with Crippen LogP contribution in [0.3, 0.4) is 0 Å². The Kier molecular flexibility index (Phi) is 4.35. The zero-order valence-corrected chi connectivity index (χ0v) is 8.65. The molecule has 0 aliphatic carbocycles. The van der Waals surface area contributed by atoms with Crippen molar-refractivity contribution in [3.8, 4) is 0 Å². The maximum atomic E-state index is 13.1. The molecule has 1 atom stereocenters. The molecule has 78 valence electrons. The van der Waals surface area contributed by atoms with E-state index in [1.807, 2.05) is 6.92 Å². The lowest BCUT2D eigenvalue weighted by Crippen LogP contribution is -2.07. The van der Waals surface area contributed by atoms with Gasteiger partial charge in [-0.15, -0.1) is 11.8 Å². The van der Waals surface area contributed by atoms with E-state index in [1.165, 1.54) is 23.9 Å². The largest absolute Gasteiger partial charge is 0.392 e. The predicted molar refractivity (Wildman–Crippen MR) is 53.4 cm³/mol. The Morgan fingerprint density at radius 3 is 2.71 bits per heavy atom. The minimum atomic E-state index is -0.581. The van der Waals surface area contributed by atoms with E-state index in [1.54, 1.807) is 0 Å². The number of benzene rings is 1. The van der Waals surface area contributed by atoms with Gasteiger partial charge >= 0.3 is 0 Å². The third-order valence-electron chi connectivity index (χ3n) is 1.80. The van der Waals surface area contributed by atoms with E-state index in [2.05, 4.69) is 0 Å². The smallest absolute Gasteiger partial charge is 0.139 e. The molecule has 4 heteroatoms. The van der Waals surface area contributed by atoms with Crippen molar-refractivity contribution >= 4 is 11.8 Å². The highest BCUT2D eigenvalue weighted by molar-refractivity contribution is 7.99. The Labute approximate surface area is 86.1 Å². The minimum absolute atomic E-state index is 0.374. The molecular weight excluding hydrogens is 206 g/mol. The Hall–Kier alpha value is -0.610. The summed E-state index contributed by atoms with van der Waals surface area (Å²) in [6.07, 6.45) is 0.194. The van der Waals surface area contributed by atoms with Crippen molar-refractivity contribution in [1.29, 1.82) is 0 Å². The molecule has 1 aromatic carbocycles. The van der Waals surface area contributed by atoms with Crippen LogP contribution in [-0.4, -0.2) is 17.0 Å². The van der Waals surface area contributed by atoms with Gasteiger partial charge in [-0.2, -0.15) is 0 Å². The summed E-state index contributed by atoms with van der Waals surface area (Å²) in [5.41, 5.74) is 0. The van der Waals surface area contributed by atoms with E-state index < -0.39 is 17.7 Å². The molecule has 0 aromatic heterocycles. The van der Waals surface area contributed by atoms with Crippen LogP contribution in [0.2, 0.25) is 0 Å². The number of hydrogen-bond donors (Lipinski definition) is 1. The Morgan fingerprint density at radius 2 is 2.14 bits per heavy atom. The number of aliphatic hydroxyl groups is 1. The average molecular weight is 218 g/mol. The molecule has 1 unspecified atom stereocenters. The fraction of sp³-hybridized carbons (Fsp3) is 0.400. The second-order valence-corrected chi connectivity index (χ2v) is 4.01. The molecule has 0 aliphatic rings. The van der Waals surface area contributed by atoms with E-state index in [0.717, 1.165) is 6.07 Å². The summed E-state index contributed by atoms with van der Waals surface area (Å²) < 4.78 is 25.6. The zero-order valence-electron chi connectivity index (χ0n) is 7.84. The molecule has 0 saturated carbocycles. The summed E-state index contributed by atoms with van der Waals surface area (Å²) in [5, 5.41) is 9.25. The van der Waals surface area contributed by atoms with Gasteiger partial charge in [-0.05, 0) is 18.6 Å². The summed E-state index contributed by atoms with van der Waals surface area (Å²) in [7, 11) is 0. The van der Waals surface area contributed by atoms with Gasteiger partial charge in [-0.25, -0.2) is 8.78 Å². The van der Waals surface area contributed by atoms with Gasteiger partial charge < -0.3 is 5.11 Å². The van der Waals surface area contributed by atoms with Gasteiger partial charge in [0.15, 0.2) is 0 Å². The first kappa shape index (κ1) is 11.5. The first-order valence-electron chi connectivity index (χ1n) is 4.39. The molecule has 0 fully saturated rings. The maximum Gasteiger partial charge on any atom is 0.139 e. The number of aliphatic hydroxyl groups excluding tert-OH is 1. The van der Waals surface area contributed by atoms with Crippen molar-refractivity contribution in [1.82, 2.24) is 0 Å². The van der Waals surface area contributed by atoms with Gasteiger partial charge in [-0.3, -0.25) is 0 Å². The van der Waals surface area contributed by atoms with Crippen LogP contribution < -0.4 is 0 Å². The molecule has 0 spiro atoms. The molecule has 1 nitrogen and oxygen atoms in total. The van der Waals surface area contributed by atoms with Crippen molar-refractivity contribution in [3.05, 3.63) is 29.8 Å². The highest BCUT2D eigenvalue weighted by Crippen LogP contribution is 2.23. The number of rotatable bonds is 4. The second kappa shape index (κ2) is 5.32. The molecular formula is C10H12F2OS. The predicted octanol–water partition coefficient (Wildman–Crippen LogP) is 2.83. The average Bonchev–Trinajstić information content (AvgIpc) is 2.16. The van der Waals surface area contributed by atoms with Crippen LogP contribution in [0, 0.1) is 11.6 Å². The van der Waals surface area contributed by atoms with Crippen LogP contribution in [0.15, 0.2) is 23.1 Å². The fourth-order valence-electron chi connectivity index (χ4n) is 0.896. The molecule has 1 aromatic rings. The van der Waals surface area contributed by atoms with Gasteiger partial charge in [0.25, 0.3) is 0 Å². The van der Waals surface area contributed by atoms with Crippen LogP contribution in [0.1, 0.15) is 13.3 Å². The Morgan fingerprint density at radius 1 is 1.43 bits per heavy atom. The van der Waals surface area contributed by atoms with Crippen molar-refractivity contribution < 1.29 is 13.9 Å². The Balaban J connectivity index is 2.59. The number of thioether (sulfide) groups is 1. The monoisotopic (exact) mass is 218 g/mol. The molecule has 0 amide bonds. The highest BCUT2D eigenvalue weighted by atomic mass is 32.2. The van der Waals surface area contributed by atoms with Gasteiger partial charge in [-0.1, -0.05) is 6.92 Å². The van der Waals surface area contributed by atoms with Gasteiger partial charge in [0, 0.05) is 16.7 Å². The summed E-state index contributed by atoms with van der Waals surface area (Å²) in [5.74, 6) is -0.722. The van der Waals surface area contributed by atoms with Crippen LogP contribution in [0.4, 0.5) is 8.78 Å². The van der Waals surface area contributed by atoms with Crippen molar-refractivity contribution in [2.45, 2.75) is 24.3 Å². The van der Waals surface area contributed by atoms with Gasteiger partial charge in [0.2, 0.25) is 0 Å². The molecule has 14 heavy (non-hydrogen) atoms. The lowest BCUT2D eigenvalue weighted by Gasteiger charge is -2.07. The molecule has 0 saturated heterocycles. The summed E-state index contributed by atoms with van der Waals surface area (Å²) >= 11 is 1.20. The standard InChI is InChI=1S/C10H12F2OS/c1-2-8(13)6-14-10-4-3-7(11)5-9(10)12/h3-5,8,13H,2,6H2,1H3. The van der Waals surface area contributed by atoms with E-state index in [9.17, 15) is 13.9 Å². The molecule has 0 aliphatic heterocycles. The van der Waals surface area contributed by atoms with Gasteiger partial charge in [0.05, 0.1) is 6.10 Å². The SMILES string of the molecule is CCC(O)CSc1ccc(F)cc1F. The lowest BCUT2D eigenvalue weighted by atomic mass is 10.3. The molecule has 0 bridgehead atoms. The summed E-state index contributed by atoms with van der Waals surface area (Å²) in [4.78, 5) is 0.374. The number of hydrogen-bond acceptors (Lipinski definition) is 2. The topological polar surface area (TPSA) is 20.2 Å². The van der Waals surface area contributed by atoms with E-state index >= 15 is 0 Å². The second-order valence-electron chi connectivity index (χ2n) is 2.95. The minimum Gasteiger partial charge on any atom is -0.392 e. The zero-order chi connectivity index (χ0) is 10.6. The third kappa shape index (κ3) is 3.27. The van der Waals surface area contributed by atoms with Crippen molar-refractivity contribution in [3.63, 3.8) is 0 Å². The lowest BCUT2D eigenvalue weighted by molar-refractivity contribution is 0.195. The van der Waals surface area contributed by atoms with Crippen molar-refractivity contribution in [2.24, 2.45) is 0 Å². The fourth-order valence-corrected chi connectivity index (χ4v) is 1.86. The molecule has 1 N–H and O–H groups in total.